The summed E-state index contributed by atoms with van der Waals surface area (Å²) < 4.78 is 11.2. The maximum Gasteiger partial charge on any atom is 0.335 e. The van der Waals surface area contributed by atoms with E-state index in [-0.39, 0.29) is 11.7 Å². The van der Waals surface area contributed by atoms with Crippen molar-refractivity contribution >= 4 is 5.97 Å². The van der Waals surface area contributed by atoms with E-state index in [0.717, 1.165) is 19.3 Å². The third kappa shape index (κ3) is 2.55. The van der Waals surface area contributed by atoms with Crippen LogP contribution in [0.25, 0.3) is 11.5 Å². The minimum Gasteiger partial charge on any atom is -0.478 e. The fraction of sp³-hybridized carbons (Fsp3) is 0.357. The molecule has 104 valence electrons. The second kappa shape index (κ2) is 5.42. The lowest BCUT2D eigenvalue weighted by molar-refractivity contribution is -0.00126. The van der Waals surface area contributed by atoms with Gasteiger partial charge in [0.05, 0.1) is 5.56 Å². The predicted molar refractivity (Wildman–Crippen MR) is 69.2 cm³/mol. The van der Waals surface area contributed by atoms with Crippen molar-refractivity contribution in [2.75, 3.05) is 6.61 Å². The number of aromatic carboxylic acids is 1. The predicted octanol–water partition coefficient (Wildman–Crippen LogP) is 2.68. The van der Waals surface area contributed by atoms with Gasteiger partial charge in [0.1, 0.15) is 6.10 Å². The molecule has 0 radical (unpaired) electrons. The number of benzene rings is 1. The molecule has 1 aliphatic rings. The molecule has 2 aromatic rings. The highest BCUT2D eigenvalue weighted by atomic mass is 16.5. The van der Waals surface area contributed by atoms with Gasteiger partial charge in [-0.2, -0.15) is 0 Å². The van der Waals surface area contributed by atoms with Gasteiger partial charge in [-0.1, -0.05) is 6.07 Å². The third-order valence-corrected chi connectivity index (χ3v) is 3.25. The van der Waals surface area contributed by atoms with Crippen LogP contribution in [0.15, 0.2) is 28.7 Å². The number of carbonyl (C=O) groups is 1. The van der Waals surface area contributed by atoms with Crippen LogP contribution in [-0.2, 0) is 4.74 Å². The zero-order valence-electron chi connectivity index (χ0n) is 10.8. The zero-order valence-corrected chi connectivity index (χ0v) is 10.8. The Morgan fingerprint density at radius 3 is 2.95 bits per heavy atom. The van der Waals surface area contributed by atoms with E-state index in [1.165, 1.54) is 12.1 Å². The van der Waals surface area contributed by atoms with Gasteiger partial charge in [0.2, 0.25) is 11.8 Å². The quantitative estimate of drug-likeness (QED) is 0.926. The van der Waals surface area contributed by atoms with Crippen LogP contribution in [0.2, 0.25) is 0 Å². The molecule has 0 bridgehead atoms. The Hall–Kier alpha value is -2.21. The Morgan fingerprint density at radius 1 is 1.30 bits per heavy atom. The van der Waals surface area contributed by atoms with Gasteiger partial charge in [-0.05, 0) is 37.5 Å². The summed E-state index contributed by atoms with van der Waals surface area (Å²) in [4.78, 5) is 11.0. The summed E-state index contributed by atoms with van der Waals surface area (Å²) in [7, 11) is 0. The molecule has 1 aliphatic heterocycles. The van der Waals surface area contributed by atoms with Gasteiger partial charge in [-0.25, -0.2) is 4.79 Å². The van der Waals surface area contributed by atoms with Gasteiger partial charge in [-0.15, -0.1) is 10.2 Å². The Balaban J connectivity index is 1.85. The van der Waals surface area contributed by atoms with Crippen molar-refractivity contribution in [1.82, 2.24) is 10.2 Å². The fourth-order valence-corrected chi connectivity index (χ4v) is 2.20. The molecule has 6 nitrogen and oxygen atoms in total. The molecular formula is C14H14N2O4. The molecule has 1 unspecified atom stereocenters. The Morgan fingerprint density at radius 2 is 2.20 bits per heavy atom. The number of nitrogens with zero attached hydrogens (tertiary/aromatic N) is 2. The van der Waals surface area contributed by atoms with Crippen LogP contribution >= 0.6 is 0 Å². The second-order valence-corrected chi connectivity index (χ2v) is 4.69. The normalized spacial score (nSPS) is 18.9. The van der Waals surface area contributed by atoms with Crippen LogP contribution in [0, 0.1) is 0 Å². The molecule has 0 spiro atoms. The van der Waals surface area contributed by atoms with E-state index >= 15 is 0 Å². The number of carboxylic acid groups (broad SMARTS) is 1. The number of ether oxygens (including phenoxy) is 1. The van der Waals surface area contributed by atoms with Gasteiger partial charge in [0.15, 0.2) is 0 Å². The molecule has 20 heavy (non-hydrogen) atoms. The van der Waals surface area contributed by atoms with Crippen LogP contribution in [0.5, 0.6) is 0 Å². The number of rotatable bonds is 3. The van der Waals surface area contributed by atoms with E-state index in [0.29, 0.717) is 24.0 Å². The van der Waals surface area contributed by atoms with Crippen LogP contribution < -0.4 is 0 Å². The average molecular weight is 274 g/mol. The minimum atomic E-state index is -0.984. The van der Waals surface area contributed by atoms with E-state index in [9.17, 15) is 4.79 Å². The van der Waals surface area contributed by atoms with Crippen LogP contribution in [0.3, 0.4) is 0 Å². The Labute approximate surface area is 115 Å². The van der Waals surface area contributed by atoms with Crippen molar-refractivity contribution in [1.29, 1.82) is 0 Å². The van der Waals surface area contributed by atoms with Gasteiger partial charge < -0.3 is 14.3 Å². The first kappa shape index (κ1) is 12.8. The maximum atomic E-state index is 11.0. The first-order valence-electron chi connectivity index (χ1n) is 6.53. The lowest BCUT2D eigenvalue weighted by atomic mass is 10.1. The van der Waals surface area contributed by atoms with Gasteiger partial charge in [-0.3, -0.25) is 0 Å². The van der Waals surface area contributed by atoms with E-state index in [1.54, 1.807) is 12.1 Å². The lowest BCUT2D eigenvalue weighted by Gasteiger charge is -2.18. The molecule has 1 aromatic heterocycles. The first-order valence-corrected chi connectivity index (χ1v) is 6.53. The highest BCUT2D eigenvalue weighted by molar-refractivity contribution is 5.88. The molecular weight excluding hydrogens is 260 g/mol. The van der Waals surface area contributed by atoms with Crippen molar-refractivity contribution < 1.29 is 19.1 Å². The largest absolute Gasteiger partial charge is 0.478 e. The molecule has 0 saturated carbocycles. The summed E-state index contributed by atoms with van der Waals surface area (Å²) in [6.07, 6.45) is 2.86. The third-order valence-electron chi connectivity index (χ3n) is 3.25. The summed E-state index contributed by atoms with van der Waals surface area (Å²) in [5.41, 5.74) is 0.788. The minimum absolute atomic E-state index is 0.146. The summed E-state index contributed by atoms with van der Waals surface area (Å²) >= 11 is 0. The van der Waals surface area contributed by atoms with Crippen LogP contribution in [0.4, 0.5) is 0 Å². The highest BCUT2D eigenvalue weighted by Crippen LogP contribution is 2.29. The molecule has 3 rings (SSSR count). The molecule has 2 heterocycles. The monoisotopic (exact) mass is 274 g/mol. The van der Waals surface area contributed by atoms with E-state index in [4.69, 9.17) is 14.3 Å². The summed E-state index contributed by atoms with van der Waals surface area (Å²) in [6, 6.07) is 6.43. The van der Waals surface area contributed by atoms with E-state index < -0.39 is 5.97 Å². The molecule has 1 N–H and O–H groups in total. The number of carboxylic acids is 1. The van der Waals surface area contributed by atoms with Gasteiger partial charge >= 0.3 is 5.97 Å². The first-order chi connectivity index (χ1) is 9.74. The standard InChI is InChI=1S/C14H14N2O4/c17-14(18)10-5-3-4-9(8-10)12-15-16-13(20-12)11-6-1-2-7-19-11/h3-5,8,11H,1-2,6-7H2,(H,17,18). The fourth-order valence-electron chi connectivity index (χ4n) is 2.20. The van der Waals surface area contributed by atoms with Crippen LogP contribution in [0.1, 0.15) is 41.6 Å². The van der Waals surface area contributed by atoms with E-state index in [1.807, 2.05) is 0 Å². The molecule has 6 heteroatoms. The van der Waals surface area contributed by atoms with E-state index in [2.05, 4.69) is 10.2 Å². The zero-order chi connectivity index (χ0) is 13.9. The van der Waals surface area contributed by atoms with Crippen molar-refractivity contribution in [3.63, 3.8) is 0 Å². The van der Waals surface area contributed by atoms with Crippen molar-refractivity contribution in [3.05, 3.63) is 35.7 Å². The number of aromatic nitrogens is 2. The molecule has 1 atom stereocenters. The lowest BCUT2D eigenvalue weighted by Crippen LogP contribution is -2.11. The second-order valence-electron chi connectivity index (χ2n) is 4.69. The maximum absolute atomic E-state index is 11.0. The molecule has 1 saturated heterocycles. The topological polar surface area (TPSA) is 85.5 Å². The summed E-state index contributed by atoms with van der Waals surface area (Å²) in [5.74, 6) is -0.208. The molecule has 1 fully saturated rings. The van der Waals surface area contributed by atoms with Crippen molar-refractivity contribution in [2.45, 2.75) is 25.4 Å². The number of hydrogen-bond donors (Lipinski definition) is 1. The van der Waals surface area contributed by atoms with Gasteiger partial charge in [0, 0.05) is 12.2 Å². The SMILES string of the molecule is O=C(O)c1cccc(-c2nnc(C3CCCCO3)o2)c1. The smallest absolute Gasteiger partial charge is 0.335 e. The van der Waals surface area contributed by atoms with Crippen molar-refractivity contribution in [3.8, 4) is 11.5 Å². The Kier molecular flexibility index (Phi) is 3.47. The highest BCUT2D eigenvalue weighted by Gasteiger charge is 2.22. The summed E-state index contributed by atoms with van der Waals surface area (Å²) in [6.45, 7) is 0.705. The van der Waals surface area contributed by atoms with Crippen molar-refractivity contribution in [2.24, 2.45) is 0 Å². The molecule has 0 amide bonds. The Bertz CT molecular complexity index is 617. The number of hydrogen-bond acceptors (Lipinski definition) is 5. The molecule has 0 aliphatic carbocycles. The average Bonchev–Trinajstić information content (AvgIpc) is 2.98. The van der Waals surface area contributed by atoms with Gasteiger partial charge in [0.25, 0.3) is 0 Å². The summed E-state index contributed by atoms with van der Waals surface area (Å²) in [5, 5.41) is 17.0. The molecule has 1 aromatic carbocycles. The van der Waals surface area contributed by atoms with Crippen LogP contribution in [-0.4, -0.2) is 27.9 Å².